The molecule has 0 aliphatic heterocycles. The van der Waals surface area contributed by atoms with E-state index in [2.05, 4.69) is 27.8 Å². The quantitative estimate of drug-likeness (QED) is 0.651. The van der Waals surface area contributed by atoms with Crippen LogP contribution in [0, 0.1) is 0 Å². The summed E-state index contributed by atoms with van der Waals surface area (Å²) in [5, 5.41) is 8.85. The number of nitrogens with zero attached hydrogens (tertiary/aromatic N) is 1. The Labute approximate surface area is 150 Å². The second-order valence-electron chi connectivity index (χ2n) is 5.27. The summed E-state index contributed by atoms with van der Waals surface area (Å²) in [6, 6.07) is 10.3. The highest BCUT2D eigenvalue weighted by atomic mass is 32.1. The number of hydrogen-bond donors (Lipinski definition) is 1. The van der Waals surface area contributed by atoms with E-state index in [1.165, 1.54) is 4.88 Å². The minimum Gasteiger partial charge on any atom is -0.497 e. The molecule has 0 spiro atoms. The summed E-state index contributed by atoms with van der Waals surface area (Å²) in [6.45, 7) is 0.690. The molecule has 2 heterocycles. The minimum atomic E-state index is 0.180. The molecule has 0 amide bonds. The van der Waals surface area contributed by atoms with E-state index in [1.54, 1.807) is 36.9 Å². The van der Waals surface area contributed by atoms with Crippen molar-refractivity contribution < 1.29 is 9.47 Å². The maximum atomic E-state index is 5.47. The molecule has 0 aliphatic carbocycles. The van der Waals surface area contributed by atoms with Crippen molar-refractivity contribution in [2.75, 3.05) is 14.2 Å². The lowest BCUT2D eigenvalue weighted by Crippen LogP contribution is -2.23. The predicted molar refractivity (Wildman–Crippen MR) is 99.3 cm³/mol. The first kappa shape index (κ1) is 17.0. The normalized spacial score (nSPS) is 12.1. The molecule has 1 atom stereocenters. The summed E-state index contributed by atoms with van der Waals surface area (Å²) in [5.41, 5.74) is 1.07. The van der Waals surface area contributed by atoms with Crippen LogP contribution in [0.25, 0.3) is 0 Å². The molecule has 126 valence electrons. The number of thiophene rings is 1. The molecule has 2 aromatic heterocycles. The zero-order valence-corrected chi connectivity index (χ0v) is 15.3. The monoisotopic (exact) mass is 360 g/mol. The Morgan fingerprint density at radius 1 is 1.12 bits per heavy atom. The van der Waals surface area contributed by atoms with Crippen LogP contribution in [0.1, 0.15) is 21.5 Å². The van der Waals surface area contributed by atoms with E-state index in [0.717, 1.165) is 28.5 Å². The zero-order valence-electron chi connectivity index (χ0n) is 13.7. The lowest BCUT2D eigenvalue weighted by atomic mass is 10.1. The van der Waals surface area contributed by atoms with Crippen molar-refractivity contribution in [2.24, 2.45) is 0 Å². The Kier molecular flexibility index (Phi) is 5.85. The van der Waals surface area contributed by atoms with Crippen LogP contribution in [-0.2, 0) is 13.0 Å². The summed E-state index contributed by atoms with van der Waals surface area (Å²) in [7, 11) is 3.36. The van der Waals surface area contributed by atoms with Crippen LogP contribution in [0.3, 0.4) is 0 Å². The molecule has 1 N–H and O–H groups in total. The number of thiazole rings is 1. The number of methoxy groups -OCH3 is 2. The summed E-state index contributed by atoms with van der Waals surface area (Å²) in [4.78, 5) is 5.84. The zero-order chi connectivity index (χ0) is 16.8. The molecule has 1 aromatic carbocycles. The minimum absolute atomic E-state index is 0.180. The number of aromatic nitrogens is 1. The summed E-state index contributed by atoms with van der Waals surface area (Å²) >= 11 is 3.46. The molecule has 0 saturated carbocycles. The van der Waals surface area contributed by atoms with Gasteiger partial charge < -0.3 is 14.8 Å². The van der Waals surface area contributed by atoms with Crippen molar-refractivity contribution >= 4 is 22.7 Å². The fourth-order valence-corrected chi connectivity index (χ4v) is 4.00. The molecule has 0 saturated heterocycles. The van der Waals surface area contributed by atoms with Crippen molar-refractivity contribution in [1.29, 1.82) is 0 Å². The molecular formula is C18H20N2O2S2. The predicted octanol–water partition coefficient (Wildman–Crippen LogP) is 4.30. The second kappa shape index (κ2) is 8.28. The van der Waals surface area contributed by atoms with Gasteiger partial charge in [-0.05, 0) is 29.6 Å². The van der Waals surface area contributed by atoms with Gasteiger partial charge in [-0.15, -0.1) is 22.7 Å². The third-order valence-electron chi connectivity index (χ3n) is 3.76. The number of rotatable bonds is 8. The molecule has 0 radical (unpaired) electrons. The number of ether oxygens (including phenoxy) is 2. The Balaban J connectivity index is 1.76. The van der Waals surface area contributed by atoms with E-state index in [-0.39, 0.29) is 6.04 Å². The molecule has 3 rings (SSSR count). The molecule has 4 nitrogen and oxygen atoms in total. The highest BCUT2D eigenvalue weighted by Crippen LogP contribution is 2.27. The largest absolute Gasteiger partial charge is 0.497 e. The van der Waals surface area contributed by atoms with Gasteiger partial charge in [0.2, 0.25) is 0 Å². The molecule has 0 bridgehead atoms. The maximum Gasteiger partial charge on any atom is 0.123 e. The maximum absolute atomic E-state index is 5.47. The second-order valence-corrected chi connectivity index (χ2v) is 7.22. The summed E-state index contributed by atoms with van der Waals surface area (Å²) < 4.78 is 10.8. The molecule has 24 heavy (non-hydrogen) atoms. The highest BCUT2D eigenvalue weighted by molar-refractivity contribution is 7.10. The molecule has 0 fully saturated rings. The molecule has 3 aromatic rings. The van der Waals surface area contributed by atoms with Crippen LogP contribution in [-0.4, -0.2) is 19.2 Å². The van der Waals surface area contributed by atoms with Gasteiger partial charge in [0.25, 0.3) is 0 Å². The van der Waals surface area contributed by atoms with Crippen molar-refractivity contribution in [1.82, 2.24) is 10.3 Å². The van der Waals surface area contributed by atoms with Gasteiger partial charge in [-0.1, -0.05) is 6.07 Å². The van der Waals surface area contributed by atoms with Crippen LogP contribution in [0.5, 0.6) is 11.5 Å². The third-order valence-corrected chi connectivity index (χ3v) is 5.55. The average Bonchev–Trinajstić information content (AvgIpc) is 3.31. The van der Waals surface area contributed by atoms with E-state index in [1.807, 2.05) is 29.8 Å². The van der Waals surface area contributed by atoms with Gasteiger partial charge in [0.05, 0.1) is 20.3 Å². The van der Waals surface area contributed by atoms with E-state index in [9.17, 15) is 0 Å². The first-order valence-electron chi connectivity index (χ1n) is 7.66. The average molecular weight is 361 g/mol. The highest BCUT2D eigenvalue weighted by Gasteiger charge is 2.16. The fourth-order valence-electron chi connectivity index (χ4n) is 2.54. The first-order valence-corrected chi connectivity index (χ1v) is 9.42. The Morgan fingerprint density at radius 3 is 2.71 bits per heavy atom. The summed E-state index contributed by atoms with van der Waals surface area (Å²) in [5.74, 6) is 1.69. The number of benzene rings is 1. The standard InChI is InChI=1S/C18H20N2O2S2/c1-21-14-5-6-17(22-2)13(10-14)12-20-16(18-19-7-9-24-18)11-15-4-3-8-23-15/h3-10,16,20H,11-12H2,1-2H3/t16-/m1/s1. The van der Waals surface area contributed by atoms with Gasteiger partial charge >= 0.3 is 0 Å². The van der Waals surface area contributed by atoms with E-state index in [4.69, 9.17) is 9.47 Å². The van der Waals surface area contributed by atoms with E-state index >= 15 is 0 Å². The van der Waals surface area contributed by atoms with E-state index < -0.39 is 0 Å². The van der Waals surface area contributed by atoms with Gasteiger partial charge in [-0.25, -0.2) is 4.98 Å². The smallest absolute Gasteiger partial charge is 0.123 e. The van der Waals surface area contributed by atoms with Gasteiger partial charge in [-0.2, -0.15) is 0 Å². The van der Waals surface area contributed by atoms with Crippen LogP contribution in [0.2, 0.25) is 0 Å². The molecular weight excluding hydrogens is 340 g/mol. The Hall–Kier alpha value is -1.89. The van der Waals surface area contributed by atoms with Crippen molar-refractivity contribution in [3.05, 3.63) is 62.7 Å². The van der Waals surface area contributed by atoms with Crippen molar-refractivity contribution in [3.63, 3.8) is 0 Å². The number of hydrogen-bond acceptors (Lipinski definition) is 6. The van der Waals surface area contributed by atoms with Gasteiger partial charge in [0, 0.05) is 35.0 Å². The van der Waals surface area contributed by atoms with Gasteiger partial charge in [-0.3, -0.25) is 0 Å². The molecule has 0 aliphatic rings. The van der Waals surface area contributed by atoms with Crippen LogP contribution in [0.15, 0.2) is 47.3 Å². The summed E-state index contributed by atoms with van der Waals surface area (Å²) in [6.07, 6.45) is 2.78. The van der Waals surface area contributed by atoms with Crippen LogP contribution in [0.4, 0.5) is 0 Å². The van der Waals surface area contributed by atoms with Crippen molar-refractivity contribution in [2.45, 2.75) is 19.0 Å². The van der Waals surface area contributed by atoms with Crippen LogP contribution >= 0.6 is 22.7 Å². The lowest BCUT2D eigenvalue weighted by molar-refractivity contribution is 0.395. The van der Waals surface area contributed by atoms with Gasteiger partial charge in [0.15, 0.2) is 0 Å². The first-order chi connectivity index (χ1) is 11.8. The van der Waals surface area contributed by atoms with E-state index in [0.29, 0.717) is 6.54 Å². The molecule has 6 heteroatoms. The topological polar surface area (TPSA) is 43.4 Å². The lowest BCUT2D eigenvalue weighted by Gasteiger charge is -2.17. The number of nitrogens with one attached hydrogen (secondary N) is 1. The third kappa shape index (κ3) is 4.14. The molecule has 0 unspecified atom stereocenters. The van der Waals surface area contributed by atoms with Crippen molar-refractivity contribution in [3.8, 4) is 11.5 Å². The fraction of sp³-hybridized carbons (Fsp3) is 0.278. The van der Waals surface area contributed by atoms with Crippen LogP contribution < -0.4 is 14.8 Å². The Morgan fingerprint density at radius 2 is 2.04 bits per heavy atom. The Bertz CT molecular complexity index is 742. The van der Waals surface area contributed by atoms with Gasteiger partial charge in [0.1, 0.15) is 16.5 Å². The SMILES string of the molecule is COc1ccc(OC)c(CN[C@H](Cc2cccs2)c2nccs2)c1.